The van der Waals surface area contributed by atoms with Crippen molar-refractivity contribution in [1.29, 1.82) is 0 Å². The van der Waals surface area contributed by atoms with Crippen molar-refractivity contribution in [2.45, 2.75) is 25.2 Å². The molecule has 0 radical (unpaired) electrons. The smallest absolute Gasteiger partial charge is 0.230 e. The van der Waals surface area contributed by atoms with Gasteiger partial charge in [-0.05, 0) is 30.7 Å². The molecule has 0 fully saturated rings. The first kappa shape index (κ1) is 21.0. The number of nitrogens with zero attached hydrogens (tertiary/aromatic N) is 3. The lowest BCUT2D eigenvalue weighted by molar-refractivity contribution is -0.118. The van der Waals surface area contributed by atoms with Crippen molar-refractivity contribution in [3.8, 4) is 11.4 Å². The lowest BCUT2D eigenvalue weighted by Gasteiger charge is -2.10. The van der Waals surface area contributed by atoms with Gasteiger partial charge in [0.25, 0.3) is 0 Å². The number of carbonyl (C=O) groups excluding carboxylic acids is 1. The molecule has 0 aliphatic rings. The summed E-state index contributed by atoms with van der Waals surface area (Å²) in [4.78, 5) is 12.2. The molecule has 0 bridgehead atoms. The number of aromatic nitrogens is 3. The van der Waals surface area contributed by atoms with Gasteiger partial charge in [-0.1, -0.05) is 47.7 Å². The van der Waals surface area contributed by atoms with E-state index < -0.39 is 0 Å². The van der Waals surface area contributed by atoms with Gasteiger partial charge in [0.1, 0.15) is 5.82 Å². The van der Waals surface area contributed by atoms with Gasteiger partial charge in [-0.15, -0.1) is 10.2 Å². The van der Waals surface area contributed by atoms with E-state index in [9.17, 15) is 9.18 Å². The van der Waals surface area contributed by atoms with Gasteiger partial charge < -0.3 is 10.1 Å². The molecular weight excluding hydrogens is 391 g/mol. The number of benzene rings is 2. The Labute approximate surface area is 173 Å². The van der Waals surface area contributed by atoms with Gasteiger partial charge in [-0.2, -0.15) is 0 Å². The number of carbonyl (C=O) groups is 1. The Morgan fingerprint density at radius 2 is 2.00 bits per heavy atom. The van der Waals surface area contributed by atoms with E-state index in [4.69, 9.17) is 4.74 Å². The number of nitrogens with one attached hydrogen (secondary N) is 1. The maximum atomic E-state index is 13.0. The predicted octanol–water partition coefficient (Wildman–Crippen LogP) is 3.45. The van der Waals surface area contributed by atoms with E-state index in [0.29, 0.717) is 24.9 Å². The number of hydrogen-bond donors (Lipinski definition) is 1. The Bertz CT molecular complexity index is 960. The molecule has 3 aromatic rings. The molecule has 1 heterocycles. The Hall–Kier alpha value is -2.71. The van der Waals surface area contributed by atoms with Gasteiger partial charge in [0, 0.05) is 19.2 Å². The van der Waals surface area contributed by atoms with Crippen molar-refractivity contribution in [3.05, 3.63) is 65.5 Å². The lowest BCUT2D eigenvalue weighted by atomic mass is 10.1. The second kappa shape index (κ2) is 10.2. The van der Waals surface area contributed by atoms with E-state index in [0.717, 1.165) is 22.5 Å². The quantitative estimate of drug-likeness (QED) is 0.543. The Morgan fingerprint density at radius 1 is 1.21 bits per heavy atom. The number of halogens is 1. The topological polar surface area (TPSA) is 69.0 Å². The minimum Gasteiger partial charge on any atom is -0.383 e. The maximum absolute atomic E-state index is 13.0. The van der Waals surface area contributed by atoms with Crippen molar-refractivity contribution in [1.82, 2.24) is 20.1 Å². The molecule has 0 saturated heterocycles. The minimum atomic E-state index is -0.296. The Balaban J connectivity index is 1.65. The monoisotopic (exact) mass is 414 g/mol. The first-order valence-corrected chi connectivity index (χ1v) is 10.2. The summed E-state index contributed by atoms with van der Waals surface area (Å²) in [6.45, 7) is 3.48. The van der Waals surface area contributed by atoms with Crippen LogP contribution in [0.5, 0.6) is 0 Å². The number of aryl methyl sites for hydroxylation is 1. The highest BCUT2D eigenvalue weighted by Crippen LogP contribution is 2.24. The number of rotatable bonds is 9. The summed E-state index contributed by atoms with van der Waals surface area (Å²) >= 11 is 1.32. The van der Waals surface area contributed by atoms with Crippen LogP contribution in [0.4, 0.5) is 4.39 Å². The number of amides is 1. The predicted molar refractivity (Wildman–Crippen MR) is 111 cm³/mol. The summed E-state index contributed by atoms with van der Waals surface area (Å²) in [6.07, 6.45) is 0. The molecular formula is C21H23FN4O2S. The number of ether oxygens (including phenoxy) is 1. The van der Waals surface area contributed by atoms with E-state index in [2.05, 4.69) is 21.6 Å². The molecule has 0 aliphatic carbocycles. The average molecular weight is 415 g/mol. The highest BCUT2D eigenvalue weighted by Gasteiger charge is 2.15. The summed E-state index contributed by atoms with van der Waals surface area (Å²) in [5.41, 5.74) is 2.95. The van der Waals surface area contributed by atoms with Gasteiger partial charge >= 0.3 is 0 Å². The minimum absolute atomic E-state index is 0.127. The normalized spacial score (nSPS) is 10.9. The van der Waals surface area contributed by atoms with Gasteiger partial charge in [0.2, 0.25) is 5.91 Å². The summed E-state index contributed by atoms with van der Waals surface area (Å²) < 4.78 is 20.1. The SMILES string of the molecule is COCCn1c(SCC(=O)NCc2ccc(F)cc2)nnc1-c1cccc(C)c1. The molecule has 0 saturated carbocycles. The fourth-order valence-electron chi connectivity index (χ4n) is 2.76. The van der Waals surface area contributed by atoms with Gasteiger partial charge in [0.15, 0.2) is 11.0 Å². The molecule has 2 aromatic carbocycles. The van der Waals surface area contributed by atoms with Crippen molar-refractivity contribution in [3.63, 3.8) is 0 Å². The second-order valence-electron chi connectivity index (χ2n) is 6.51. The molecule has 152 valence electrons. The third-order valence-corrected chi connectivity index (χ3v) is 5.21. The summed E-state index contributed by atoms with van der Waals surface area (Å²) in [5.74, 6) is 0.535. The highest BCUT2D eigenvalue weighted by atomic mass is 32.2. The van der Waals surface area contributed by atoms with Crippen LogP contribution in [0.3, 0.4) is 0 Å². The van der Waals surface area contributed by atoms with E-state index in [-0.39, 0.29) is 17.5 Å². The van der Waals surface area contributed by atoms with E-state index in [1.807, 2.05) is 29.7 Å². The molecule has 3 rings (SSSR count). The number of methoxy groups -OCH3 is 1. The van der Waals surface area contributed by atoms with Crippen LogP contribution in [0, 0.1) is 12.7 Å². The molecule has 29 heavy (non-hydrogen) atoms. The molecule has 6 nitrogen and oxygen atoms in total. The summed E-state index contributed by atoms with van der Waals surface area (Å²) in [6, 6.07) is 14.1. The fraction of sp³-hybridized carbons (Fsp3) is 0.286. The maximum Gasteiger partial charge on any atom is 0.230 e. The van der Waals surface area contributed by atoms with Gasteiger partial charge in [0.05, 0.1) is 18.9 Å². The van der Waals surface area contributed by atoms with Crippen LogP contribution in [-0.2, 0) is 22.6 Å². The number of hydrogen-bond acceptors (Lipinski definition) is 5. The van der Waals surface area contributed by atoms with Gasteiger partial charge in [-0.25, -0.2) is 4.39 Å². The summed E-state index contributed by atoms with van der Waals surface area (Å²) in [7, 11) is 1.65. The molecule has 0 atom stereocenters. The van der Waals surface area contributed by atoms with Crippen molar-refractivity contribution in [2.24, 2.45) is 0 Å². The zero-order valence-electron chi connectivity index (χ0n) is 16.4. The largest absolute Gasteiger partial charge is 0.383 e. The van der Waals surface area contributed by atoms with Crippen molar-refractivity contribution < 1.29 is 13.9 Å². The van der Waals surface area contributed by atoms with Crippen LogP contribution in [0.25, 0.3) is 11.4 Å². The molecule has 8 heteroatoms. The average Bonchev–Trinajstić information content (AvgIpc) is 3.13. The molecule has 1 amide bonds. The first-order chi connectivity index (χ1) is 14.1. The number of thioether (sulfide) groups is 1. The van der Waals surface area contributed by atoms with E-state index in [1.165, 1.54) is 23.9 Å². The van der Waals surface area contributed by atoms with Crippen LogP contribution < -0.4 is 5.32 Å². The van der Waals surface area contributed by atoms with Crippen LogP contribution in [0.2, 0.25) is 0 Å². The van der Waals surface area contributed by atoms with Crippen molar-refractivity contribution >= 4 is 17.7 Å². The first-order valence-electron chi connectivity index (χ1n) is 9.20. The fourth-order valence-corrected chi connectivity index (χ4v) is 3.56. The molecule has 0 aliphatic heterocycles. The zero-order chi connectivity index (χ0) is 20.6. The van der Waals surface area contributed by atoms with E-state index in [1.54, 1.807) is 19.2 Å². The van der Waals surface area contributed by atoms with Crippen LogP contribution in [-0.4, -0.2) is 40.1 Å². The highest BCUT2D eigenvalue weighted by molar-refractivity contribution is 7.99. The molecule has 0 spiro atoms. The molecule has 1 aromatic heterocycles. The van der Waals surface area contributed by atoms with Crippen LogP contribution in [0.1, 0.15) is 11.1 Å². The third kappa shape index (κ3) is 5.88. The molecule has 0 unspecified atom stereocenters. The summed E-state index contributed by atoms with van der Waals surface area (Å²) in [5, 5.41) is 12.1. The van der Waals surface area contributed by atoms with E-state index >= 15 is 0 Å². The zero-order valence-corrected chi connectivity index (χ0v) is 17.2. The lowest BCUT2D eigenvalue weighted by Crippen LogP contribution is -2.24. The van der Waals surface area contributed by atoms with Crippen LogP contribution in [0.15, 0.2) is 53.7 Å². The Kier molecular flexibility index (Phi) is 7.37. The molecule has 1 N–H and O–H groups in total. The van der Waals surface area contributed by atoms with Crippen LogP contribution >= 0.6 is 11.8 Å². The Morgan fingerprint density at radius 3 is 2.72 bits per heavy atom. The second-order valence-corrected chi connectivity index (χ2v) is 7.45. The standard InChI is InChI=1S/C21H23FN4O2S/c1-15-4-3-5-17(12-15)20-24-25-21(26(20)10-11-28-2)29-14-19(27)23-13-16-6-8-18(22)9-7-16/h3-9,12H,10-11,13-14H2,1-2H3,(H,23,27). The third-order valence-electron chi connectivity index (χ3n) is 4.25. The van der Waals surface area contributed by atoms with Gasteiger partial charge in [-0.3, -0.25) is 9.36 Å². The van der Waals surface area contributed by atoms with Crippen molar-refractivity contribution in [2.75, 3.05) is 19.5 Å².